The second-order valence-electron chi connectivity index (χ2n) is 6.61. The average molecular weight is 336 g/mol. The van der Waals surface area contributed by atoms with E-state index in [9.17, 15) is 9.59 Å². The number of aryl methyl sites for hydroxylation is 2. The third-order valence-electron chi connectivity index (χ3n) is 4.52. The zero-order valence-electron chi connectivity index (χ0n) is 14.8. The van der Waals surface area contributed by atoms with Crippen molar-refractivity contribution < 1.29 is 9.59 Å². The molecule has 0 aliphatic carbocycles. The first-order chi connectivity index (χ1) is 12.1. The van der Waals surface area contributed by atoms with E-state index < -0.39 is 6.04 Å². The highest BCUT2D eigenvalue weighted by atomic mass is 16.2. The molecule has 1 saturated heterocycles. The number of carbonyl (C=O) groups excluding carboxylic acids is 2. The Morgan fingerprint density at radius 1 is 1.12 bits per heavy atom. The second kappa shape index (κ2) is 7.51. The minimum atomic E-state index is -0.505. The number of carbonyl (C=O) groups is 2. The molecule has 1 atom stereocenters. The molecule has 0 bridgehead atoms. The Labute approximate surface area is 148 Å². The average Bonchev–Trinajstić information content (AvgIpc) is 2.88. The summed E-state index contributed by atoms with van der Waals surface area (Å²) in [5, 5.41) is 3.21. The van der Waals surface area contributed by atoms with Crippen LogP contribution in [0.4, 0.5) is 11.4 Å². The van der Waals surface area contributed by atoms with Crippen LogP contribution in [0.2, 0.25) is 0 Å². The summed E-state index contributed by atoms with van der Waals surface area (Å²) >= 11 is 0. The molecule has 1 aliphatic heterocycles. The highest BCUT2D eigenvalue weighted by Crippen LogP contribution is 2.25. The SMILES string of the molecule is CCCCc1ccc(NC2CC(=O)N(c3cccc(C)c3)C2=O)cc1. The molecule has 2 amide bonds. The van der Waals surface area contributed by atoms with Gasteiger partial charge < -0.3 is 5.32 Å². The van der Waals surface area contributed by atoms with Gasteiger partial charge in [0.05, 0.1) is 12.1 Å². The molecule has 3 rings (SSSR count). The first kappa shape index (κ1) is 17.2. The van der Waals surface area contributed by atoms with Crippen LogP contribution in [0, 0.1) is 6.92 Å². The Morgan fingerprint density at radius 2 is 1.88 bits per heavy atom. The van der Waals surface area contributed by atoms with E-state index in [4.69, 9.17) is 0 Å². The zero-order valence-corrected chi connectivity index (χ0v) is 14.8. The van der Waals surface area contributed by atoms with Crippen molar-refractivity contribution in [2.45, 2.75) is 45.6 Å². The molecule has 1 unspecified atom stereocenters. The van der Waals surface area contributed by atoms with E-state index in [2.05, 4.69) is 24.4 Å². The second-order valence-corrected chi connectivity index (χ2v) is 6.61. The van der Waals surface area contributed by atoms with Gasteiger partial charge in [0.2, 0.25) is 5.91 Å². The molecular formula is C21H24N2O2. The Balaban J connectivity index is 1.70. The van der Waals surface area contributed by atoms with Crippen molar-refractivity contribution >= 4 is 23.2 Å². The van der Waals surface area contributed by atoms with Gasteiger partial charge in [-0.3, -0.25) is 9.59 Å². The van der Waals surface area contributed by atoms with E-state index in [1.807, 2.05) is 37.3 Å². The lowest BCUT2D eigenvalue weighted by Gasteiger charge is -2.16. The van der Waals surface area contributed by atoms with Gasteiger partial charge in [0, 0.05) is 5.69 Å². The summed E-state index contributed by atoms with van der Waals surface area (Å²) in [4.78, 5) is 26.3. The van der Waals surface area contributed by atoms with Crippen LogP contribution in [-0.4, -0.2) is 17.9 Å². The fourth-order valence-electron chi connectivity index (χ4n) is 3.13. The van der Waals surface area contributed by atoms with Crippen LogP contribution in [0.1, 0.15) is 37.3 Å². The fraction of sp³-hybridized carbons (Fsp3) is 0.333. The highest BCUT2D eigenvalue weighted by Gasteiger charge is 2.39. The van der Waals surface area contributed by atoms with Gasteiger partial charge in [-0.25, -0.2) is 4.90 Å². The number of nitrogens with one attached hydrogen (secondary N) is 1. The summed E-state index contributed by atoms with van der Waals surface area (Å²) in [5.41, 5.74) is 3.84. The Bertz CT molecular complexity index is 768. The predicted octanol–water partition coefficient (Wildman–Crippen LogP) is 4.08. The summed E-state index contributed by atoms with van der Waals surface area (Å²) in [5.74, 6) is -0.349. The van der Waals surface area contributed by atoms with Gasteiger partial charge in [0.1, 0.15) is 6.04 Å². The van der Waals surface area contributed by atoms with Crippen LogP contribution >= 0.6 is 0 Å². The number of rotatable bonds is 6. The van der Waals surface area contributed by atoms with Crippen molar-refractivity contribution in [2.75, 3.05) is 10.2 Å². The molecule has 1 fully saturated rings. The number of hydrogen-bond donors (Lipinski definition) is 1. The van der Waals surface area contributed by atoms with E-state index in [0.717, 1.165) is 17.7 Å². The molecule has 4 nitrogen and oxygen atoms in total. The van der Waals surface area contributed by atoms with Crippen LogP contribution in [0.3, 0.4) is 0 Å². The summed E-state index contributed by atoms with van der Waals surface area (Å²) in [6.07, 6.45) is 3.60. The number of anilines is 2. The minimum absolute atomic E-state index is 0.160. The summed E-state index contributed by atoms with van der Waals surface area (Å²) in [7, 11) is 0. The van der Waals surface area contributed by atoms with Gasteiger partial charge in [0.25, 0.3) is 5.91 Å². The van der Waals surface area contributed by atoms with Crippen LogP contribution < -0.4 is 10.2 Å². The molecule has 0 spiro atoms. The van der Waals surface area contributed by atoms with Crippen molar-refractivity contribution in [1.29, 1.82) is 0 Å². The number of unbranched alkanes of at least 4 members (excludes halogenated alkanes) is 1. The highest BCUT2D eigenvalue weighted by molar-refractivity contribution is 6.23. The molecule has 0 aromatic heterocycles. The summed E-state index contributed by atoms with van der Waals surface area (Å²) < 4.78 is 0. The maximum absolute atomic E-state index is 12.7. The maximum Gasteiger partial charge on any atom is 0.256 e. The molecular weight excluding hydrogens is 312 g/mol. The lowest BCUT2D eigenvalue weighted by Crippen LogP contribution is -2.34. The van der Waals surface area contributed by atoms with E-state index in [1.165, 1.54) is 23.3 Å². The smallest absolute Gasteiger partial charge is 0.256 e. The van der Waals surface area contributed by atoms with Gasteiger partial charge in [0.15, 0.2) is 0 Å². The summed E-state index contributed by atoms with van der Waals surface area (Å²) in [6, 6.07) is 15.1. The standard InChI is InChI=1S/C21H24N2O2/c1-3-4-7-16-9-11-17(12-10-16)22-19-14-20(24)23(21(19)25)18-8-5-6-15(2)13-18/h5-6,8-13,19,22H,3-4,7,14H2,1-2H3. The number of amides is 2. The Morgan fingerprint density at radius 3 is 2.56 bits per heavy atom. The molecule has 25 heavy (non-hydrogen) atoms. The third kappa shape index (κ3) is 3.90. The number of imide groups is 1. The van der Waals surface area contributed by atoms with Gasteiger partial charge in [-0.05, 0) is 55.2 Å². The van der Waals surface area contributed by atoms with Gasteiger partial charge in [-0.15, -0.1) is 0 Å². The molecule has 1 heterocycles. The molecule has 0 radical (unpaired) electrons. The van der Waals surface area contributed by atoms with Crippen LogP contribution in [-0.2, 0) is 16.0 Å². The number of nitrogens with zero attached hydrogens (tertiary/aromatic N) is 1. The lowest BCUT2D eigenvalue weighted by atomic mass is 10.1. The van der Waals surface area contributed by atoms with Crippen LogP contribution in [0.5, 0.6) is 0 Å². The van der Waals surface area contributed by atoms with E-state index >= 15 is 0 Å². The Kier molecular flexibility index (Phi) is 5.17. The number of hydrogen-bond acceptors (Lipinski definition) is 3. The molecule has 1 N–H and O–H groups in total. The van der Waals surface area contributed by atoms with Gasteiger partial charge in [-0.2, -0.15) is 0 Å². The quantitative estimate of drug-likeness (QED) is 0.809. The monoisotopic (exact) mass is 336 g/mol. The van der Waals surface area contributed by atoms with E-state index in [0.29, 0.717) is 5.69 Å². The summed E-state index contributed by atoms with van der Waals surface area (Å²) in [6.45, 7) is 4.13. The Hall–Kier alpha value is -2.62. The van der Waals surface area contributed by atoms with Crippen molar-refractivity contribution in [2.24, 2.45) is 0 Å². The first-order valence-corrected chi connectivity index (χ1v) is 8.87. The maximum atomic E-state index is 12.7. The van der Waals surface area contributed by atoms with Crippen molar-refractivity contribution in [3.63, 3.8) is 0 Å². The van der Waals surface area contributed by atoms with Gasteiger partial charge >= 0.3 is 0 Å². The first-order valence-electron chi connectivity index (χ1n) is 8.87. The zero-order chi connectivity index (χ0) is 17.8. The minimum Gasteiger partial charge on any atom is -0.373 e. The molecule has 0 saturated carbocycles. The van der Waals surface area contributed by atoms with E-state index in [-0.39, 0.29) is 18.2 Å². The normalized spacial score (nSPS) is 17.2. The third-order valence-corrected chi connectivity index (χ3v) is 4.52. The topological polar surface area (TPSA) is 49.4 Å². The molecule has 1 aliphatic rings. The van der Waals surface area contributed by atoms with Crippen molar-refractivity contribution in [3.8, 4) is 0 Å². The molecule has 2 aromatic carbocycles. The molecule has 130 valence electrons. The number of benzene rings is 2. The van der Waals surface area contributed by atoms with E-state index in [1.54, 1.807) is 6.07 Å². The lowest BCUT2D eigenvalue weighted by molar-refractivity contribution is -0.121. The van der Waals surface area contributed by atoms with Crippen LogP contribution in [0.15, 0.2) is 48.5 Å². The predicted molar refractivity (Wildman–Crippen MR) is 101 cm³/mol. The molecule has 4 heteroatoms. The largest absolute Gasteiger partial charge is 0.373 e. The van der Waals surface area contributed by atoms with Gasteiger partial charge in [-0.1, -0.05) is 37.6 Å². The van der Waals surface area contributed by atoms with Crippen molar-refractivity contribution in [3.05, 3.63) is 59.7 Å². The fourth-order valence-corrected chi connectivity index (χ4v) is 3.13. The van der Waals surface area contributed by atoms with Crippen molar-refractivity contribution in [1.82, 2.24) is 0 Å². The molecule has 2 aromatic rings. The van der Waals surface area contributed by atoms with Crippen LogP contribution in [0.25, 0.3) is 0 Å².